The molecule has 2 heterocycles. The van der Waals surface area contributed by atoms with E-state index in [1.165, 1.54) is 10.9 Å². The molecule has 0 atom stereocenters. The van der Waals surface area contributed by atoms with Crippen molar-refractivity contribution in [1.29, 1.82) is 0 Å². The molecular weight excluding hydrogens is 453 g/mol. The van der Waals surface area contributed by atoms with Gasteiger partial charge in [0.15, 0.2) is 0 Å². The van der Waals surface area contributed by atoms with Gasteiger partial charge in [0.25, 0.3) is 0 Å². The molecule has 34 heavy (non-hydrogen) atoms. The van der Waals surface area contributed by atoms with E-state index >= 15 is 0 Å². The van der Waals surface area contributed by atoms with Crippen molar-refractivity contribution < 1.29 is 13.2 Å². The highest BCUT2D eigenvalue weighted by Crippen LogP contribution is 2.39. The molecule has 0 bridgehead atoms. The van der Waals surface area contributed by atoms with E-state index in [0.29, 0.717) is 18.4 Å². The van der Waals surface area contributed by atoms with E-state index in [1.807, 2.05) is 66.0 Å². The number of para-hydroxylation sites is 1. The fourth-order valence-corrected chi connectivity index (χ4v) is 4.82. The minimum Gasteiger partial charge on any atom is -0.380 e. The molecule has 6 heteroatoms. The van der Waals surface area contributed by atoms with Crippen LogP contribution in [0.4, 0.5) is 18.9 Å². The summed E-state index contributed by atoms with van der Waals surface area (Å²) in [6.45, 7) is 0.688. The topological polar surface area (TPSA) is 24.9 Å². The van der Waals surface area contributed by atoms with E-state index in [-0.39, 0.29) is 5.52 Å². The van der Waals surface area contributed by atoms with Gasteiger partial charge in [-0.05, 0) is 58.3 Å². The standard InChI is InChI=1S/C28H21F3N2S/c29-28(30,31)25-13-5-12-24-26(21(17-33-27(24)25)15-19-7-2-1-3-8-19)20-9-4-10-22(16-20)32-18-23-11-6-14-34-23/h1-14,16-17,32H,15,18H2. The Morgan fingerprint density at radius 2 is 1.68 bits per heavy atom. The molecule has 0 aliphatic carbocycles. The molecule has 2 aromatic heterocycles. The zero-order valence-electron chi connectivity index (χ0n) is 18.1. The molecule has 5 rings (SSSR count). The fraction of sp³-hybridized carbons (Fsp3) is 0.107. The second-order valence-corrected chi connectivity index (χ2v) is 9.07. The Morgan fingerprint density at radius 1 is 0.853 bits per heavy atom. The SMILES string of the molecule is FC(F)(F)c1cccc2c(-c3cccc(NCc4cccs4)c3)c(Cc3ccccc3)cnc12. The van der Waals surface area contributed by atoms with Gasteiger partial charge in [-0.2, -0.15) is 13.2 Å². The van der Waals surface area contributed by atoms with Crippen LogP contribution in [0.5, 0.6) is 0 Å². The highest BCUT2D eigenvalue weighted by Gasteiger charge is 2.33. The number of nitrogens with one attached hydrogen (secondary N) is 1. The molecule has 0 saturated carbocycles. The van der Waals surface area contributed by atoms with Crippen LogP contribution < -0.4 is 5.32 Å². The van der Waals surface area contributed by atoms with Crippen LogP contribution in [0.15, 0.2) is 96.5 Å². The largest absolute Gasteiger partial charge is 0.418 e. The lowest BCUT2D eigenvalue weighted by Gasteiger charge is -2.17. The lowest BCUT2D eigenvalue weighted by Crippen LogP contribution is -2.07. The Kier molecular flexibility index (Phi) is 6.07. The third-order valence-corrected chi connectivity index (χ3v) is 6.59. The summed E-state index contributed by atoms with van der Waals surface area (Å²) in [5.74, 6) is 0. The number of hydrogen-bond donors (Lipinski definition) is 1. The van der Waals surface area contributed by atoms with Crippen LogP contribution in [0.25, 0.3) is 22.0 Å². The van der Waals surface area contributed by atoms with Gasteiger partial charge in [0.1, 0.15) is 0 Å². The first-order valence-corrected chi connectivity index (χ1v) is 11.8. The number of alkyl halides is 3. The smallest absolute Gasteiger partial charge is 0.380 e. The van der Waals surface area contributed by atoms with E-state index in [4.69, 9.17) is 0 Å². The van der Waals surface area contributed by atoms with E-state index in [9.17, 15) is 13.2 Å². The first-order chi connectivity index (χ1) is 16.5. The number of aromatic nitrogens is 1. The van der Waals surface area contributed by atoms with Crippen molar-refractivity contribution >= 4 is 27.9 Å². The number of rotatable bonds is 6. The van der Waals surface area contributed by atoms with Crippen molar-refractivity contribution in [3.8, 4) is 11.1 Å². The Balaban J connectivity index is 1.64. The monoisotopic (exact) mass is 474 g/mol. The molecule has 2 nitrogen and oxygen atoms in total. The summed E-state index contributed by atoms with van der Waals surface area (Å²) < 4.78 is 41.2. The van der Waals surface area contributed by atoms with Crippen LogP contribution in [-0.2, 0) is 19.1 Å². The number of halogens is 3. The van der Waals surface area contributed by atoms with E-state index < -0.39 is 11.7 Å². The van der Waals surface area contributed by atoms with Gasteiger partial charge in [-0.25, -0.2) is 0 Å². The molecule has 0 unspecified atom stereocenters. The number of fused-ring (bicyclic) bond motifs is 1. The quantitative estimate of drug-likeness (QED) is 0.268. The van der Waals surface area contributed by atoms with Gasteiger partial charge in [0.05, 0.1) is 11.1 Å². The van der Waals surface area contributed by atoms with Crippen LogP contribution in [0.3, 0.4) is 0 Å². The Bertz CT molecular complexity index is 1410. The van der Waals surface area contributed by atoms with Gasteiger partial charge in [-0.3, -0.25) is 4.98 Å². The van der Waals surface area contributed by atoms with Crippen molar-refractivity contribution in [3.05, 3.63) is 118 Å². The van der Waals surface area contributed by atoms with Crippen LogP contribution in [0.1, 0.15) is 21.6 Å². The summed E-state index contributed by atoms with van der Waals surface area (Å²) in [4.78, 5) is 5.50. The second kappa shape index (κ2) is 9.31. The highest BCUT2D eigenvalue weighted by molar-refractivity contribution is 7.09. The number of nitrogens with zero attached hydrogens (tertiary/aromatic N) is 1. The number of pyridine rings is 1. The highest BCUT2D eigenvalue weighted by atomic mass is 32.1. The summed E-state index contributed by atoms with van der Waals surface area (Å²) >= 11 is 1.67. The van der Waals surface area contributed by atoms with E-state index in [0.717, 1.165) is 34.0 Å². The van der Waals surface area contributed by atoms with Gasteiger partial charge in [-0.1, -0.05) is 60.7 Å². The van der Waals surface area contributed by atoms with Crippen LogP contribution in [-0.4, -0.2) is 4.98 Å². The molecule has 0 amide bonds. The Morgan fingerprint density at radius 3 is 2.44 bits per heavy atom. The average Bonchev–Trinajstić information content (AvgIpc) is 3.36. The maximum absolute atomic E-state index is 13.7. The second-order valence-electron chi connectivity index (χ2n) is 8.03. The number of hydrogen-bond acceptors (Lipinski definition) is 3. The molecule has 0 radical (unpaired) electrons. The average molecular weight is 475 g/mol. The summed E-state index contributed by atoms with van der Waals surface area (Å²) in [6.07, 6.45) is -2.32. The molecular formula is C28H21F3N2S. The normalized spacial score (nSPS) is 11.6. The van der Waals surface area contributed by atoms with Crippen LogP contribution in [0.2, 0.25) is 0 Å². The summed E-state index contributed by atoms with van der Waals surface area (Å²) in [7, 11) is 0. The van der Waals surface area contributed by atoms with Crippen molar-refractivity contribution in [2.75, 3.05) is 5.32 Å². The summed E-state index contributed by atoms with van der Waals surface area (Å²) in [5.41, 5.74) is 3.75. The molecule has 0 saturated heterocycles. The maximum Gasteiger partial charge on any atom is 0.418 e. The zero-order chi connectivity index (χ0) is 23.5. The van der Waals surface area contributed by atoms with Gasteiger partial charge in [-0.15, -0.1) is 11.3 Å². The fourth-order valence-electron chi connectivity index (χ4n) is 4.17. The van der Waals surface area contributed by atoms with Gasteiger partial charge in [0, 0.05) is 28.7 Å². The van der Waals surface area contributed by atoms with Gasteiger partial charge >= 0.3 is 6.18 Å². The molecule has 0 spiro atoms. The Labute approximate surface area is 199 Å². The maximum atomic E-state index is 13.7. The number of thiophene rings is 1. The van der Waals surface area contributed by atoms with E-state index in [1.54, 1.807) is 23.6 Å². The molecule has 0 fully saturated rings. The van der Waals surface area contributed by atoms with Crippen LogP contribution in [0, 0.1) is 0 Å². The Hall–Kier alpha value is -3.64. The molecule has 5 aromatic rings. The van der Waals surface area contributed by atoms with Crippen molar-refractivity contribution in [3.63, 3.8) is 0 Å². The predicted octanol–water partition coefficient (Wildman–Crippen LogP) is 8.19. The summed E-state index contributed by atoms with van der Waals surface area (Å²) in [6, 6.07) is 26.1. The first-order valence-electron chi connectivity index (χ1n) is 10.9. The molecule has 3 aromatic carbocycles. The van der Waals surface area contributed by atoms with Crippen molar-refractivity contribution in [2.24, 2.45) is 0 Å². The van der Waals surface area contributed by atoms with Gasteiger partial charge in [0.2, 0.25) is 0 Å². The minimum absolute atomic E-state index is 0.0289. The number of benzene rings is 3. The first kappa shape index (κ1) is 22.2. The van der Waals surface area contributed by atoms with Crippen molar-refractivity contribution in [1.82, 2.24) is 4.98 Å². The lowest BCUT2D eigenvalue weighted by molar-refractivity contribution is -0.136. The zero-order valence-corrected chi connectivity index (χ0v) is 19.0. The van der Waals surface area contributed by atoms with E-state index in [2.05, 4.69) is 16.4 Å². The molecule has 0 aliphatic heterocycles. The number of anilines is 1. The van der Waals surface area contributed by atoms with Crippen LogP contribution >= 0.6 is 11.3 Å². The lowest BCUT2D eigenvalue weighted by atomic mass is 9.91. The third kappa shape index (κ3) is 4.68. The molecule has 1 N–H and O–H groups in total. The summed E-state index contributed by atoms with van der Waals surface area (Å²) in [5, 5.41) is 5.96. The third-order valence-electron chi connectivity index (χ3n) is 5.72. The predicted molar refractivity (Wildman–Crippen MR) is 133 cm³/mol. The van der Waals surface area contributed by atoms with Crippen molar-refractivity contribution in [2.45, 2.75) is 19.1 Å². The van der Waals surface area contributed by atoms with Gasteiger partial charge < -0.3 is 5.32 Å². The minimum atomic E-state index is -4.48. The molecule has 0 aliphatic rings. The molecule has 170 valence electrons.